The van der Waals surface area contributed by atoms with E-state index in [4.69, 9.17) is 0 Å². The van der Waals surface area contributed by atoms with E-state index in [9.17, 15) is 4.79 Å². The Morgan fingerprint density at radius 3 is 2.70 bits per heavy atom. The van der Waals surface area contributed by atoms with Crippen LogP contribution in [0.2, 0.25) is 0 Å². The van der Waals surface area contributed by atoms with Gasteiger partial charge < -0.3 is 10.6 Å². The minimum Gasteiger partial charge on any atom is -0.349 e. The number of nitrogens with zero attached hydrogens (tertiary/aromatic N) is 3. The normalized spacial score (nSPS) is 10.8. The summed E-state index contributed by atoms with van der Waals surface area (Å²) in [5.74, 6) is -0.210. The maximum Gasteiger partial charge on any atom is 0.273 e. The molecule has 0 fully saturated rings. The summed E-state index contributed by atoms with van der Waals surface area (Å²) in [4.78, 5) is 13.3. The Balaban J connectivity index is 1.90. The molecule has 0 unspecified atom stereocenters. The summed E-state index contributed by atoms with van der Waals surface area (Å²) in [5, 5.41) is 14.3. The summed E-state index contributed by atoms with van der Waals surface area (Å²) in [6.07, 6.45) is 1.47. The number of benzene rings is 1. The van der Waals surface area contributed by atoms with Gasteiger partial charge in [0.05, 0.1) is 11.9 Å². The molecule has 0 saturated heterocycles. The molecule has 0 bridgehead atoms. The van der Waals surface area contributed by atoms with E-state index in [2.05, 4.69) is 34.7 Å². The first-order chi connectivity index (χ1) is 9.66. The van der Waals surface area contributed by atoms with Gasteiger partial charge in [0.1, 0.15) is 0 Å². The third kappa shape index (κ3) is 3.89. The zero-order valence-corrected chi connectivity index (χ0v) is 11.7. The number of aromatic nitrogens is 3. The standard InChI is InChI=1S/C14H19N5O/c1-11(2)15-8-9-16-14(20)13-10-17-19(18-13)12-6-4-3-5-7-12/h3-7,10-11,15H,8-9H2,1-2H3,(H,16,20). The molecule has 0 spiro atoms. The van der Waals surface area contributed by atoms with E-state index >= 15 is 0 Å². The van der Waals surface area contributed by atoms with Gasteiger partial charge in [-0.15, -0.1) is 5.10 Å². The second-order valence-electron chi connectivity index (χ2n) is 4.72. The number of amides is 1. The van der Waals surface area contributed by atoms with Crippen LogP contribution in [-0.2, 0) is 0 Å². The third-order valence-electron chi connectivity index (χ3n) is 2.67. The molecule has 6 nitrogen and oxygen atoms in total. The summed E-state index contributed by atoms with van der Waals surface area (Å²) >= 11 is 0. The second-order valence-corrected chi connectivity index (χ2v) is 4.72. The van der Waals surface area contributed by atoms with Gasteiger partial charge in [-0.1, -0.05) is 32.0 Å². The van der Waals surface area contributed by atoms with Gasteiger partial charge in [0.2, 0.25) is 0 Å². The fraction of sp³-hybridized carbons (Fsp3) is 0.357. The maximum absolute atomic E-state index is 11.9. The molecule has 0 radical (unpaired) electrons. The molecule has 1 heterocycles. The lowest BCUT2D eigenvalue weighted by Gasteiger charge is -2.07. The molecule has 0 aliphatic rings. The van der Waals surface area contributed by atoms with E-state index in [1.807, 2.05) is 30.3 Å². The highest BCUT2D eigenvalue weighted by Crippen LogP contribution is 2.03. The molecule has 2 N–H and O–H groups in total. The number of carbonyl (C=O) groups is 1. The predicted molar refractivity (Wildman–Crippen MR) is 76.8 cm³/mol. The Kier molecular flexibility index (Phi) is 4.84. The van der Waals surface area contributed by atoms with Crippen LogP contribution in [0.3, 0.4) is 0 Å². The van der Waals surface area contributed by atoms with Crippen molar-refractivity contribution < 1.29 is 4.79 Å². The number of rotatable bonds is 6. The van der Waals surface area contributed by atoms with E-state index in [1.165, 1.54) is 11.0 Å². The summed E-state index contributed by atoms with van der Waals surface area (Å²) in [5.41, 5.74) is 1.14. The van der Waals surface area contributed by atoms with Crippen LogP contribution in [0.1, 0.15) is 24.3 Å². The van der Waals surface area contributed by atoms with Crippen molar-refractivity contribution in [2.75, 3.05) is 13.1 Å². The fourth-order valence-corrected chi connectivity index (χ4v) is 1.68. The van der Waals surface area contributed by atoms with Crippen LogP contribution < -0.4 is 10.6 Å². The Hall–Kier alpha value is -2.21. The van der Waals surface area contributed by atoms with Crippen LogP contribution in [0, 0.1) is 0 Å². The smallest absolute Gasteiger partial charge is 0.273 e. The van der Waals surface area contributed by atoms with Crippen molar-refractivity contribution in [2.45, 2.75) is 19.9 Å². The monoisotopic (exact) mass is 273 g/mol. The molecule has 0 aliphatic heterocycles. The first-order valence-electron chi connectivity index (χ1n) is 6.66. The van der Waals surface area contributed by atoms with Crippen LogP contribution in [0.4, 0.5) is 0 Å². The summed E-state index contributed by atoms with van der Waals surface area (Å²) in [6, 6.07) is 9.89. The molecule has 0 atom stereocenters. The topological polar surface area (TPSA) is 71.8 Å². The Morgan fingerprint density at radius 1 is 1.25 bits per heavy atom. The minimum absolute atomic E-state index is 0.210. The predicted octanol–water partition coefficient (Wildman–Crippen LogP) is 0.995. The van der Waals surface area contributed by atoms with E-state index < -0.39 is 0 Å². The molecule has 1 aromatic heterocycles. The van der Waals surface area contributed by atoms with Crippen molar-refractivity contribution in [2.24, 2.45) is 0 Å². The molecule has 1 aromatic carbocycles. The fourth-order valence-electron chi connectivity index (χ4n) is 1.68. The molecular formula is C14H19N5O. The average molecular weight is 273 g/mol. The highest BCUT2D eigenvalue weighted by molar-refractivity contribution is 5.91. The zero-order chi connectivity index (χ0) is 14.4. The van der Waals surface area contributed by atoms with Crippen molar-refractivity contribution in [1.82, 2.24) is 25.6 Å². The quantitative estimate of drug-likeness (QED) is 0.770. The lowest BCUT2D eigenvalue weighted by atomic mass is 10.3. The van der Waals surface area contributed by atoms with Gasteiger partial charge >= 0.3 is 0 Å². The molecule has 20 heavy (non-hydrogen) atoms. The summed E-state index contributed by atoms with van der Waals surface area (Å²) in [7, 11) is 0. The Labute approximate surface area is 118 Å². The molecule has 6 heteroatoms. The number of hydrogen-bond donors (Lipinski definition) is 2. The van der Waals surface area contributed by atoms with Gasteiger partial charge in [-0.2, -0.15) is 9.90 Å². The maximum atomic E-state index is 11.9. The van der Waals surface area contributed by atoms with Crippen molar-refractivity contribution >= 4 is 5.91 Å². The first-order valence-corrected chi connectivity index (χ1v) is 6.66. The average Bonchev–Trinajstić information content (AvgIpc) is 2.94. The van der Waals surface area contributed by atoms with Crippen molar-refractivity contribution in [3.63, 3.8) is 0 Å². The van der Waals surface area contributed by atoms with E-state index in [0.29, 0.717) is 18.3 Å². The van der Waals surface area contributed by atoms with E-state index in [1.54, 1.807) is 0 Å². The van der Waals surface area contributed by atoms with Gasteiger partial charge in [-0.25, -0.2) is 0 Å². The van der Waals surface area contributed by atoms with Gasteiger partial charge in [-0.05, 0) is 12.1 Å². The highest BCUT2D eigenvalue weighted by Gasteiger charge is 2.10. The number of para-hydroxylation sites is 1. The molecule has 1 amide bonds. The molecule has 106 valence electrons. The van der Waals surface area contributed by atoms with Crippen LogP contribution in [0.15, 0.2) is 36.5 Å². The van der Waals surface area contributed by atoms with Crippen LogP contribution in [0.5, 0.6) is 0 Å². The second kappa shape index (κ2) is 6.81. The highest BCUT2D eigenvalue weighted by atomic mass is 16.2. The summed E-state index contributed by atoms with van der Waals surface area (Å²) in [6.45, 7) is 5.42. The molecular weight excluding hydrogens is 254 g/mol. The molecule has 2 aromatic rings. The van der Waals surface area contributed by atoms with Gasteiger partial charge in [0.15, 0.2) is 5.69 Å². The van der Waals surface area contributed by atoms with Crippen molar-refractivity contribution in [1.29, 1.82) is 0 Å². The lowest BCUT2D eigenvalue weighted by molar-refractivity contribution is 0.0948. The van der Waals surface area contributed by atoms with Gasteiger partial charge in [0, 0.05) is 19.1 Å². The SMILES string of the molecule is CC(C)NCCNC(=O)c1cnn(-c2ccccc2)n1. The lowest BCUT2D eigenvalue weighted by Crippen LogP contribution is -2.34. The largest absolute Gasteiger partial charge is 0.349 e. The van der Waals surface area contributed by atoms with E-state index in [0.717, 1.165) is 12.2 Å². The Morgan fingerprint density at radius 2 is 2.00 bits per heavy atom. The van der Waals surface area contributed by atoms with Crippen molar-refractivity contribution in [3.8, 4) is 5.69 Å². The number of nitrogens with one attached hydrogen (secondary N) is 2. The van der Waals surface area contributed by atoms with Gasteiger partial charge in [0.25, 0.3) is 5.91 Å². The summed E-state index contributed by atoms with van der Waals surface area (Å²) < 4.78 is 0. The van der Waals surface area contributed by atoms with Crippen LogP contribution in [0.25, 0.3) is 5.69 Å². The van der Waals surface area contributed by atoms with Crippen molar-refractivity contribution in [3.05, 3.63) is 42.2 Å². The molecule has 0 saturated carbocycles. The number of hydrogen-bond acceptors (Lipinski definition) is 4. The molecule has 2 rings (SSSR count). The zero-order valence-electron chi connectivity index (χ0n) is 11.7. The van der Waals surface area contributed by atoms with E-state index in [-0.39, 0.29) is 5.91 Å². The van der Waals surface area contributed by atoms with Crippen LogP contribution in [-0.4, -0.2) is 40.0 Å². The number of carbonyl (C=O) groups excluding carboxylic acids is 1. The van der Waals surface area contributed by atoms with Gasteiger partial charge in [-0.3, -0.25) is 4.79 Å². The first kappa shape index (κ1) is 14.2. The minimum atomic E-state index is -0.210. The van der Waals surface area contributed by atoms with Crippen LogP contribution >= 0.6 is 0 Å². The molecule has 0 aliphatic carbocycles. The third-order valence-corrected chi connectivity index (χ3v) is 2.67. The Bertz CT molecular complexity index is 550.